The second-order valence-corrected chi connectivity index (χ2v) is 4.53. The average Bonchev–Trinajstić information content (AvgIpc) is 2.43. The largest absolute Gasteiger partial charge is 0.494 e. The maximum Gasteiger partial charge on any atom is 0.119 e. The van der Waals surface area contributed by atoms with E-state index in [2.05, 4.69) is 11.4 Å². The van der Waals surface area contributed by atoms with Gasteiger partial charge in [0.15, 0.2) is 0 Å². The second-order valence-electron chi connectivity index (χ2n) is 4.53. The molecule has 0 aliphatic heterocycles. The zero-order valence-electron chi connectivity index (χ0n) is 11.8. The van der Waals surface area contributed by atoms with Crippen molar-refractivity contribution in [1.82, 2.24) is 5.32 Å². The molecule has 4 heteroatoms. The van der Waals surface area contributed by atoms with Crippen LogP contribution < -0.4 is 15.8 Å². The summed E-state index contributed by atoms with van der Waals surface area (Å²) in [5.41, 5.74) is 6.99. The van der Waals surface area contributed by atoms with Crippen LogP contribution in [0.4, 0.5) is 0 Å². The van der Waals surface area contributed by atoms with Crippen molar-refractivity contribution >= 4 is 0 Å². The summed E-state index contributed by atoms with van der Waals surface area (Å²) in [6.45, 7) is 4.41. The Labute approximate surface area is 116 Å². The van der Waals surface area contributed by atoms with Gasteiger partial charge < -0.3 is 20.9 Å². The number of nitrogens with one attached hydrogen (secondary N) is 1. The summed E-state index contributed by atoms with van der Waals surface area (Å²) < 4.78 is 5.50. The van der Waals surface area contributed by atoms with Crippen molar-refractivity contribution in [3.8, 4) is 5.75 Å². The Kier molecular flexibility index (Phi) is 8.21. The van der Waals surface area contributed by atoms with Crippen molar-refractivity contribution in [3.63, 3.8) is 0 Å². The molecular formula is C15H26N2O2. The molecule has 0 aliphatic rings. The highest BCUT2D eigenvalue weighted by Crippen LogP contribution is 2.18. The zero-order valence-corrected chi connectivity index (χ0v) is 11.8. The molecule has 1 atom stereocenters. The fourth-order valence-electron chi connectivity index (χ4n) is 2.01. The summed E-state index contributed by atoms with van der Waals surface area (Å²) in [5.74, 6) is 0.889. The number of nitrogens with two attached hydrogens (primary N) is 1. The number of ether oxygens (including phenoxy) is 1. The van der Waals surface area contributed by atoms with Gasteiger partial charge in [-0.25, -0.2) is 0 Å². The monoisotopic (exact) mass is 266 g/mol. The van der Waals surface area contributed by atoms with Gasteiger partial charge >= 0.3 is 0 Å². The Bertz CT molecular complexity index is 345. The predicted octanol–water partition coefficient (Wildman–Crippen LogP) is 1.84. The van der Waals surface area contributed by atoms with Crippen molar-refractivity contribution in [2.24, 2.45) is 5.73 Å². The van der Waals surface area contributed by atoms with Crippen LogP contribution in [0.3, 0.4) is 0 Å². The van der Waals surface area contributed by atoms with Crippen LogP contribution in [0, 0.1) is 0 Å². The third-order valence-electron chi connectivity index (χ3n) is 3.03. The Hall–Kier alpha value is -1.10. The molecule has 1 rings (SSSR count). The molecular weight excluding hydrogens is 240 g/mol. The Morgan fingerprint density at radius 1 is 1.32 bits per heavy atom. The number of hydrogen-bond donors (Lipinski definition) is 3. The molecule has 0 radical (unpaired) electrons. The van der Waals surface area contributed by atoms with Gasteiger partial charge in [0.05, 0.1) is 6.61 Å². The lowest BCUT2D eigenvalue weighted by Crippen LogP contribution is -2.29. The number of unbranched alkanes of at least 4 members (excludes halogenated alkanes) is 2. The van der Waals surface area contributed by atoms with Crippen molar-refractivity contribution < 1.29 is 9.84 Å². The molecule has 0 amide bonds. The highest BCUT2D eigenvalue weighted by Gasteiger charge is 2.09. The van der Waals surface area contributed by atoms with Gasteiger partial charge in [0.25, 0.3) is 0 Å². The maximum absolute atomic E-state index is 8.73. The first kappa shape index (κ1) is 16.0. The van der Waals surface area contributed by atoms with E-state index in [9.17, 15) is 0 Å². The summed E-state index contributed by atoms with van der Waals surface area (Å²) in [5, 5.41) is 12.2. The summed E-state index contributed by atoms with van der Waals surface area (Å²) in [6, 6.07) is 8.23. The molecule has 0 aromatic heterocycles. The van der Waals surface area contributed by atoms with Crippen LogP contribution >= 0.6 is 0 Å². The molecule has 0 fully saturated rings. The summed E-state index contributed by atoms with van der Waals surface area (Å²) in [6.07, 6.45) is 2.97. The number of rotatable bonds is 10. The molecule has 1 aromatic carbocycles. The molecule has 1 unspecified atom stereocenters. The Morgan fingerprint density at radius 2 is 2.16 bits per heavy atom. The van der Waals surface area contributed by atoms with E-state index in [1.165, 1.54) is 0 Å². The third-order valence-corrected chi connectivity index (χ3v) is 3.03. The third kappa shape index (κ3) is 6.05. The minimum Gasteiger partial charge on any atom is -0.494 e. The summed E-state index contributed by atoms with van der Waals surface area (Å²) in [7, 11) is 0. The van der Waals surface area contributed by atoms with Gasteiger partial charge in [0, 0.05) is 19.2 Å². The van der Waals surface area contributed by atoms with E-state index < -0.39 is 0 Å². The lowest BCUT2D eigenvalue weighted by molar-refractivity contribution is 0.282. The molecule has 0 saturated heterocycles. The standard InChI is InChI=1S/C15H26N2O2/c1-2-19-14-8-6-7-13(11-14)15(12-16)17-9-4-3-5-10-18/h6-8,11,15,17-18H,2-5,9-10,12,16H2,1H3. The first-order chi connectivity index (χ1) is 9.31. The molecule has 19 heavy (non-hydrogen) atoms. The molecule has 4 nitrogen and oxygen atoms in total. The predicted molar refractivity (Wildman–Crippen MR) is 78.3 cm³/mol. The number of aliphatic hydroxyl groups is 1. The van der Waals surface area contributed by atoms with Gasteiger partial charge in [-0.1, -0.05) is 12.1 Å². The Balaban J connectivity index is 2.46. The molecule has 108 valence electrons. The normalized spacial score (nSPS) is 12.4. The molecule has 4 N–H and O–H groups in total. The van der Waals surface area contributed by atoms with E-state index in [0.717, 1.165) is 37.1 Å². The first-order valence-corrected chi connectivity index (χ1v) is 7.08. The smallest absolute Gasteiger partial charge is 0.119 e. The highest BCUT2D eigenvalue weighted by atomic mass is 16.5. The molecule has 0 heterocycles. The van der Waals surface area contributed by atoms with Gasteiger partial charge in [0.2, 0.25) is 0 Å². The molecule has 1 aromatic rings. The first-order valence-electron chi connectivity index (χ1n) is 7.08. The second kappa shape index (κ2) is 9.78. The van der Waals surface area contributed by atoms with E-state index in [0.29, 0.717) is 13.2 Å². The molecule has 0 spiro atoms. The van der Waals surface area contributed by atoms with Crippen molar-refractivity contribution in [2.45, 2.75) is 32.2 Å². The number of aliphatic hydroxyl groups excluding tert-OH is 1. The SMILES string of the molecule is CCOc1cccc(C(CN)NCCCCCO)c1. The van der Waals surface area contributed by atoms with Crippen LogP contribution in [0.5, 0.6) is 5.75 Å². The van der Waals surface area contributed by atoms with E-state index in [1.54, 1.807) is 0 Å². The van der Waals surface area contributed by atoms with Crippen LogP contribution in [-0.2, 0) is 0 Å². The highest BCUT2D eigenvalue weighted by molar-refractivity contribution is 5.30. The van der Waals surface area contributed by atoms with Crippen LogP contribution in [0.15, 0.2) is 24.3 Å². The van der Waals surface area contributed by atoms with Crippen molar-refractivity contribution in [2.75, 3.05) is 26.3 Å². The molecule has 0 bridgehead atoms. The van der Waals surface area contributed by atoms with E-state index >= 15 is 0 Å². The zero-order chi connectivity index (χ0) is 13.9. The quantitative estimate of drug-likeness (QED) is 0.565. The van der Waals surface area contributed by atoms with E-state index in [-0.39, 0.29) is 12.6 Å². The lowest BCUT2D eigenvalue weighted by atomic mass is 10.1. The van der Waals surface area contributed by atoms with Crippen molar-refractivity contribution in [3.05, 3.63) is 29.8 Å². The molecule has 0 saturated carbocycles. The van der Waals surface area contributed by atoms with Gasteiger partial charge in [-0.2, -0.15) is 0 Å². The van der Waals surface area contributed by atoms with Crippen LogP contribution in [0.2, 0.25) is 0 Å². The number of hydrogen-bond acceptors (Lipinski definition) is 4. The summed E-state index contributed by atoms with van der Waals surface area (Å²) >= 11 is 0. The van der Waals surface area contributed by atoms with E-state index in [4.69, 9.17) is 15.6 Å². The minimum atomic E-state index is 0.162. The van der Waals surface area contributed by atoms with Crippen LogP contribution in [0.1, 0.15) is 37.8 Å². The fourth-order valence-corrected chi connectivity index (χ4v) is 2.01. The average molecular weight is 266 g/mol. The van der Waals surface area contributed by atoms with Gasteiger partial charge in [0.1, 0.15) is 5.75 Å². The number of benzene rings is 1. The summed E-state index contributed by atoms with van der Waals surface area (Å²) in [4.78, 5) is 0. The lowest BCUT2D eigenvalue weighted by Gasteiger charge is -2.18. The van der Waals surface area contributed by atoms with Crippen LogP contribution in [0.25, 0.3) is 0 Å². The van der Waals surface area contributed by atoms with Gasteiger partial charge in [-0.3, -0.25) is 0 Å². The van der Waals surface area contributed by atoms with E-state index in [1.807, 2.05) is 25.1 Å². The van der Waals surface area contributed by atoms with Crippen LogP contribution in [-0.4, -0.2) is 31.4 Å². The molecule has 0 aliphatic carbocycles. The van der Waals surface area contributed by atoms with Gasteiger partial charge in [-0.15, -0.1) is 0 Å². The van der Waals surface area contributed by atoms with Gasteiger partial charge in [-0.05, 0) is 50.4 Å². The maximum atomic E-state index is 8.73. The minimum absolute atomic E-state index is 0.162. The van der Waals surface area contributed by atoms with Crippen molar-refractivity contribution in [1.29, 1.82) is 0 Å². The fraction of sp³-hybridized carbons (Fsp3) is 0.600. The Morgan fingerprint density at radius 3 is 2.84 bits per heavy atom. The topological polar surface area (TPSA) is 67.5 Å².